The van der Waals surface area contributed by atoms with Crippen molar-refractivity contribution in [2.45, 2.75) is 18.9 Å². The molecule has 3 N–H and O–H groups in total. The van der Waals surface area contributed by atoms with Crippen LogP contribution in [0, 0.1) is 0 Å². The standard InChI is InChI=1S/C15H22ClN3O2/c16-14-4-2-1-3-12(14)6-8-18-15(20)19-9-10-21-13(11-19)5-7-17/h1-4,13H,5-11,17H2,(H,18,20). The molecule has 0 saturated carbocycles. The summed E-state index contributed by atoms with van der Waals surface area (Å²) in [5.41, 5.74) is 6.57. The first-order valence-electron chi connectivity index (χ1n) is 7.28. The Morgan fingerprint density at radius 1 is 1.48 bits per heavy atom. The second kappa shape index (κ2) is 8.22. The van der Waals surface area contributed by atoms with Gasteiger partial charge in [-0.3, -0.25) is 0 Å². The maximum absolute atomic E-state index is 12.1. The second-order valence-corrected chi connectivity index (χ2v) is 5.50. The third-order valence-corrected chi connectivity index (χ3v) is 3.91. The molecule has 0 radical (unpaired) electrons. The highest BCUT2D eigenvalue weighted by Crippen LogP contribution is 2.15. The first kappa shape index (κ1) is 16.1. The van der Waals surface area contributed by atoms with Crippen LogP contribution in [0.15, 0.2) is 24.3 Å². The second-order valence-electron chi connectivity index (χ2n) is 5.09. The van der Waals surface area contributed by atoms with Gasteiger partial charge in [0, 0.05) is 24.7 Å². The zero-order chi connectivity index (χ0) is 15.1. The predicted molar refractivity (Wildman–Crippen MR) is 83.5 cm³/mol. The van der Waals surface area contributed by atoms with E-state index in [0.29, 0.717) is 32.8 Å². The molecule has 1 unspecified atom stereocenters. The minimum atomic E-state index is -0.0487. The molecule has 0 aromatic heterocycles. The van der Waals surface area contributed by atoms with Crippen molar-refractivity contribution in [1.29, 1.82) is 0 Å². The van der Waals surface area contributed by atoms with Crippen molar-refractivity contribution in [1.82, 2.24) is 10.2 Å². The first-order valence-corrected chi connectivity index (χ1v) is 7.66. The van der Waals surface area contributed by atoms with Crippen molar-refractivity contribution in [2.75, 3.05) is 32.8 Å². The molecule has 1 aliphatic rings. The lowest BCUT2D eigenvalue weighted by molar-refractivity contribution is -0.0164. The van der Waals surface area contributed by atoms with Gasteiger partial charge < -0.3 is 20.7 Å². The van der Waals surface area contributed by atoms with E-state index in [4.69, 9.17) is 22.1 Å². The smallest absolute Gasteiger partial charge is 0.317 e. The van der Waals surface area contributed by atoms with E-state index in [2.05, 4.69) is 5.32 Å². The van der Waals surface area contributed by atoms with Gasteiger partial charge in [-0.05, 0) is 31.0 Å². The van der Waals surface area contributed by atoms with E-state index in [1.54, 1.807) is 4.90 Å². The number of hydrogen-bond donors (Lipinski definition) is 2. The Balaban J connectivity index is 1.75. The van der Waals surface area contributed by atoms with Gasteiger partial charge in [-0.15, -0.1) is 0 Å². The number of nitrogens with one attached hydrogen (secondary N) is 1. The highest BCUT2D eigenvalue weighted by molar-refractivity contribution is 6.31. The van der Waals surface area contributed by atoms with E-state index in [-0.39, 0.29) is 12.1 Å². The molecular weight excluding hydrogens is 290 g/mol. The summed E-state index contributed by atoms with van der Waals surface area (Å²) in [4.78, 5) is 13.9. The van der Waals surface area contributed by atoms with Crippen LogP contribution in [0.2, 0.25) is 5.02 Å². The number of amides is 2. The van der Waals surface area contributed by atoms with Crippen molar-refractivity contribution >= 4 is 17.6 Å². The maximum atomic E-state index is 12.1. The summed E-state index contributed by atoms with van der Waals surface area (Å²) in [5.74, 6) is 0. The molecule has 2 rings (SSSR count). The SMILES string of the molecule is NCCC1CN(C(=O)NCCc2ccccc2Cl)CCO1. The number of halogens is 1. The number of rotatable bonds is 5. The maximum Gasteiger partial charge on any atom is 0.317 e. The number of ether oxygens (including phenoxy) is 1. The molecule has 0 bridgehead atoms. The van der Waals surface area contributed by atoms with Crippen LogP contribution in [-0.2, 0) is 11.2 Å². The van der Waals surface area contributed by atoms with Gasteiger partial charge in [-0.1, -0.05) is 29.8 Å². The fraction of sp³-hybridized carbons (Fsp3) is 0.533. The number of morpholine rings is 1. The molecule has 1 atom stereocenters. The molecule has 1 aliphatic heterocycles. The number of carbonyl (C=O) groups excluding carboxylic acids is 1. The minimum absolute atomic E-state index is 0.0487. The Labute approximate surface area is 130 Å². The zero-order valence-electron chi connectivity index (χ0n) is 12.1. The van der Waals surface area contributed by atoms with Crippen LogP contribution in [-0.4, -0.2) is 49.8 Å². The molecule has 1 fully saturated rings. The van der Waals surface area contributed by atoms with Crippen LogP contribution in [0.1, 0.15) is 12.0 Å². The Bertz CT molecular complexity index is 468. The van der Waals surface area contributed by atoms with E-state index in [0.717, 1.165) is 23.4 Å². The lowest BCUT2D eigenvalue weighted by atomic mass is 10.1. The summed E-state index contributed by atoms with van der Waals surface area (Å²) in [6, 6.07) is 7.63. The lowest BCUT2D eigenvalue weighted by Gasteiger charge is -2.32. The van der Waals surface area contributed by atoms with Crippen molar-refractivity contribution in [3.05, 3.63) is 34.9 Å². The monoisotopic (exact) mass is 311 g/mol. The Hall–Kier alpha value is -1.30. The van der Waals surface area contributed by atoms with E-state index in [1.807, 2.05) is 24.3 Å². The Kier molecular flexibility index (Phi) is 6.29. The Morgan fingerprint density at radius 2 is 2.29 bits per heavy atom. The van der Waals surface area contributed by atoms with Gasteiger partial charge in [0.15, 0.2) is 0 Å². The molecule has 1 aromatic carbocycles. The van der Waals surface area contributed by atoms with Crippen LogP contribution in [0.3, 0.4) is 0 Å². The highest BCUT2D eigenvalue weighted by atomic mass is 35.5. The average molecular weight is 312 g/mol. The quantitative estimate of drug-likeness (QED) is 0.868. The average Bonchev–Trinajstić information content (AvgIpc) is 2.50. The van der Waals surface area contributed by atoms with Gasteiger partial charge in [0.1, 0.15) is 0 Å². The molecular formula is C15H22ClN3O2. The fourth-order valence-electron chi connectivity index (χ4n) is 2.38. The lowest BCUT2D eigenvalue weighted by Crippen LogP contribution is -2.50. The normalized spacial score (nSPS) is 18.6. The Morgan fingerprint density at radius 3 is 3.05 bits per heavy atom. The third-order valence-electron chi connectivity index (χ3n) is 3.54. The molecule has 116 valence electrons. The number of hydrogen-bond acceptors (Lipinski definition) is 3. The molecule has 2 amide bonds. The van der Waals surface area contributed by atoms with Crippen molar-refractivity contribution in [3.8, 4) is 0 Å². The summed E-state index contributed by atoms with van der Waals surface area (Å²) in [6.45, 7) is 2.95. The molecule has 1 aromatic rings. The molecule has 5 nitrogen and oxygen atoms in total. The molecule has 1 saturated heterocycles. The fourth-order valence-corrected chi connectivity index (χ4v) is 2.61. The van der Waals surface area contributed by atoms with Crippen LogP contribution in [0.25, 0.3) is 0 Å². The first-order chi connectivity index (χ1) is 10.2. The number of benzene rings is 1. The molecule has 6 heteroatoms. The molecule has 0 spiro atoms. The van der Waals surface area contributed by atoms with Crippen molar-refractivity contribution in [3.63, 3.8) is 0 Å². The zero-order valence-corrected chi connectivity index (χ0v) is 12.8. The van der Waals surface area contributed by atoms with Crippen LogP contribution in [0.5, 0.6) is 0 Å². The number of carbonyl (C=O) groups is 1. The number of nitrogens with zero attached hydrogens (tertiary/aromatic N) is 1. The van der Waals surface area contributed by atoms with Gasteiger partial charge in [-0.25, -0.2) is 4.79 Å². The topological polar surface area (TPSA) is 67.6 Å². The van der Waals surface area contributed by atoms with Gasteiger partial charge in [0.25, 0.3) is 0 Å². The highest BCUT2D eigenvalue weighted by Gasteiger charge is 2.23. The largest absolute Gasteiger partial charge is 0.374 e. The van der Waals surface area contributed by atoms with Gasteiger partial charge in [-0.2, -0.15) is 0 Å². The summed E-state index contributed by atoms with van der Waals surface area (Å²) in [5, 5.41) is 3.67. The summed E-state index contributed by atoms with van der Waals surface area (Å²) < 4.78 is 5.57. The van der Waals surface area contributed by atoms with Gasteiger partial charge in [0.05, 0.1) is 12.7 Å². The van der Waals surface area contributed by atoms with E-state index < -0.39 is 0 Å². The van der Waals surface area contributed by atoms with Gasteiger partial charge >= 0.3 is 6.03 Å². The molecule has 0 aliphatic carbocycles. The predicted octanol–water partition coefficient (Wildman–Crippen LogP) is 1.64. The van der Waals surface area contributed by atoms with Gasteiger partial charge in [0.2, 0.25) is 0 Å². The van der Waals surface area contributed by atoms with E-state index in [9.17, 15) is 4.79 Å². The summed E-state index contributed by atoms with van der Waals surface area (Å²) in [7, 11) is 0. The number of nitrogens with two attached hydrogens (primary N) is 1. The van der Waals surface area contributed by atoms with Crippen LogP contribution in [0.4, 0.5) is 4.79 Å². The van der Waals surface area contributed by atoms with Crippen LogP contribution < -0.4 is 11.1 Å². The number of urea groups is 1. The summed E-state index contributed by atoms with van der Waals surface area (Å²) in [6.07, 6.45) is 1.56. The van der Waals surface area contributed by atoms with Crippen molar-refractivity contribution in [2.24, 2.45) is 5.73 Å². The van der Waals surface area contributed by atoms with E-state index in [1.165, 1.54) is 0 Å². The van der Waals surface area contributed by atoms with Crippen LogP contribution >= 0.6 is 11.6 Å². The summed E-state index contributed by atoms with van der Waals surface area (Å²) >= 11 is 6.09. The minimum Gasteiger partial charge on any atom is -0.374 e. The third kappa shape index (κ3) is 4.88. The molecule has 1 heterocycles. The van der Waals surface area contributed by atoms with Crippen molar-refractivity contribution < 1.29 is 9.53 Å². The van der Waals surface area contributed by atoms with E-state index >= 15 is 0 Å². The molecule has 21 heavy (non-hydrogen) atoms.